The summed E-state index contributed by atoms with van der Waals surface area (Å²) in [5.41, 5.74) is 15.6. The fourth-order valence-corrected chi connectivity index (χ4v) is 16.7. The van der Waals surface area contributed by atoms with E-state index in [1.807, 2.05) is 36.9 Å². The minimum absolute atomic E-state index is 0.00874. The van der Waals surface area contributed by atoms with Crippen molar-refractivity contribution in [3.63, 3.8) is 0 Å². The third-order valence-electron chi connectivity index (χ3n) is 21.1. The van der Waals surface area contributed by atoms with Crippen molar-refractivity contribution in [2.24, 2.45) is 35.1 Å². The number of carbonyl (C=O) groups is 13. The third kappa shape index (κ3) is 16.3. The average molecular weight is 1530 g/mol. The van der Waals surface area contributed by atoms with Crippen LogP contribution in [0.2, 0.25) is 0 Å². The predicted molar refractivity (Wildman–Crippen MR) is 397 cm³/mol. The van der Waals surface area contributed by atoms with E-state index in [-0.39, 0.29) is 107 Å². The molecule has 570 valence electrons. The molecule has 10 aliphatic rings. The lowest BCUT2D eigenvalue weighted by Crippen LogP contribution is -2.54. The standard InChI is InChI=1S/C36H41N11O6S.C19H26N8O2S.C17H15N3O5/c1-19-11-29(54-43-19)42-32-30(31(37)49)38-13-27(40-32)45-9-2-3-22(18-45)39-33(50)21-8-10-44(17-21)14-20-15-46(16-20)23-4-5-24-25(12-23)36(53)47(35(24)52)26-6-7-28(48)41-34(26)51;1-11-7-15(30-26-11)25-18-16(17(20)28)22-9-14(24-18)27-6-2-3-13(10-27)23-19(29)12-4-5-21-8-12;21-8-9-6-19(7-9)10-1-2-11-12(5-10)17(25)20(16(11)24)13-3-4-14(22)18-15(13)23/h4-5,11-13,20-22,26H,2-3,6-10,14-18H2,1H3,(H2,37,49)(H,39,50)(H,40,42)(H,41,48,51);7,9,12-13,21H,2-6,8,10H2,1H3,(H2,20,28)(H,23,29)(H,24,25);1-2,5,8-9,13H,3-4,6-7H2,(H,18,22,23). The Labute approximate surface area is 632 Å². The van der Waals surface area contributed by atoms with Gasteiger partial charge in [-0.2, -0.15) is 8.75 Å². The molecule has 8 saturated heterocycles. The van der Waals surface area contributed by atoms with E-state index in [2.05, 4.69) is 80.5 Å². The van der Waals surface area contributed by atoms with Crippen LogP contribution in [0.25, 0.3) is 0 Å². The monoisotopic (exact) mass is 1530 g/mol. The molecule has 109 heavy (non-hydrogen) atoms. The van der Waals surface area contributed by atoms with E-state index in [0.717, 1.165) is 140 Å². The van der Waals surface area contributed by atoms with Gasteiger partial charge in [-0.05, 0) is 150 Å². The van der Waals surface area contributed by atoms with Crippen LogP contribution < -0.4 is 68.3 Å². The highest BCUT2D eigenvalue weighted by Gasteiger charge is 2.47. The van der Waals surface area contributed by atoms with Gasteiger partial charge in [0.15, 0.2) is 23.0 Å². The van der Waals surface area contributed by atoms with E-state index in [1.165, 1.54) is 23.1 Å². The van der Waals surface area contributed by atoms with Crippen molar-refractivity contribution in [2.75, 3.05) is 115 Å². The maximum atomic E-state index is 13.4. The van der Waals surface area contributed by atoms with Gasteiger partial charge in [-0.15, -0.1) is 0 Å². The molecule has 16 rings (SSSR count). The molecule has 0 saturated carbocycles. The van der Waals surface area contributed by atoms with Gasteiger partial charge >= 0.3 is 0 Å². The number of hydrogen-bond acceptors (Lipinski definition) is 29. The fourth-order valence-electron chi connectivity index (χ4n) is 15.4. The molecular formula is C72H82N22O13S2. The van der Waals surface area contributed by atoms with Crippen molar-refractivity contribution < 1.29 is 62.3 Å². The van der Waals surface area contributed by atoms with Gasteiger partial charge in [0.05, 0.1) is 57.9 Å². The van der Waals surface area contributed by atoms with Crippen molar-refractivity contribution in [1.82, 2.24) is 70.0 Å². The number of hydrogen-bond donors (Lipinski definition) is 9. The van der Waals surface area contributed by atoms with Gasteiger partial charge in [0.2, 0.25) is 35.4 Å². The summed E-state index contributed by atoms with van der Waals surface area (Å²) in [7, 11) is 0. The Kier molecular flexibility index (Phi) is 21.8. The number of benzene rings is 2. The summed E-state index contributed by atoms with van der Waals surface area (Å²) >= 11 is 2.53. The number of anilines is 8. The number of aldehydes is 1. The summed E-state index contributed by atoms with van der Waals surface area (Å²) in [5.74, 6) is -3.12. The van der Waals surface area contributed by atoms with Crippen molar-refractivity contribution in [2.45, 2.75) is 102 Å². The highest BCUT2D eigenvalue weighted by atomic mass is 32.1. The zero-order valence-electron chi connectivity index (χ0n) is 59.8. The van der Waals surface area contributed by atoms with E-state index in [0.29, 0.717) is 56.1 Å². The molecule has 12 amide bonds. The van der Waals surface area contributed by atoms with Crippen molar-refractivity contribution in [3.05, 3.63) is 106 Å². The number of likely N-dealkylation sites (tertiary alicyclic amines) is 1. The number of piperidine rings is 4. The van der Waals surface area contributed by atoms with Crippen LogP contribution in [0.4, 0.5) is 44.6 Å². The van der Waals surface area contributed by atoms with Crippen LogP contribution in [-0.2, 0) is 33.6 Å². The van der Waals surface area contributed by atoms with E-state index >= 15 is 0 Å². The Morgan fingerprint density at radius 1 is 0.550 bits per heavy atom. The van der Waals surface area contributed by atoms with Crippen molar-refractivity contribution >= 4 is 145 Å². The summed E-state index contributed by atoms with van der Waals surface area (Å²) < 4.78 is 8.49. The zero-order chi connectivity index (χ0) is 76.5. The number of fused-ring (bicyclic) bond motifs is 2. The fraction of sp³-hybridized carbons (Fsp3) is 0.458. The number of imide groups is 4. The second-order valence-electron chi connectivity index (χ2n) is 28.9. The molecule has 4 aromatic heterocycles. The maximum absolute atomic E-state index is 13.4. The van der Waals surface area contributed by atoms with Crippen molar-refractivity contribution in [1.29, 1.82) is 0 Å². The topological polar surface area (TPSA) is 458 Å². The van der Waals surface area contributed by atoms with Gasteiger partial charge in [0.1, 0.15) is 40.0 Å². The summed E-state index contributed by atoms with van der Waals surface area (Å²) in [6, 6.07) is 11.9. The minimum Gasteiger partial charge on any atom is -0.371 e. The molecule has 14 heterocycles. The maximum Gasteiger partial charge on any atom is 0.271 e. The number of carbonyl (C=O) groups excluding carboxylic acids is 13. The lowest BCUT2D eigenvalue weighted by molar-refractivity contribution is -0.137. The first-order valence-corrected chi connectivity index (χ1v) is 38.0. The number of amides is 12. The van der Waals surface area contributed by atoms with Crippen molar-refractivity contribution in [3.8, 4) is 0 Å². The van der Waals surface area contributed by atoms with Gasteiger partial charge in [0, 0.05) is 120 Å². The Hall–Kier alpha value is -11.3. The van der Waals surface area contributed by atoms with Gasteiger partial charge in [-0.1, -0.05) is 0 Å². The molecule has 11 N–H and O–H groups in total. The molecule has 37 heteroatoms. The quantitative estimate of drug-likeness (QED) is 0.0410. The zero-order valence-corrected chi connectivity index (χ0v) is 61.5. The molecule has 2 aromatic carbocycles. The van der Waals surface area contributed by atoms with Gasteiger partial charge in [-0.25, -0.2) is 19.9 Å². The van der Waals surface area contributed by atoms with Gasteiger partial charge in [-0.3, -0.25) is 78.0 Å². The van der Waals surface area contributed by atoms with Gasteiger partial charge < -0.3 is 67.3 Å². The van der Waals surface area contributed by atoms with Crippen LogP contribution >= 0.6 is 23.1 Å². The normalized spacial score (nSPS) is 22.8. The second kappa shape index (κ2) is 31.9. The first-order chi connectivity index (χ1) is 52.5. The SMILES string of the molecule is Cc1cc(Nc2nc(N3CCCC(NC(=O)C4CCN(CC5CN(c6ccc7c(c6)C(=O)N(C6CCC(=O)NC6=O)C7=O)C5)C4)C3)cnc2C(N)=O)sn1.Cc1cc(Nc2nc(N3CCCC(NC(=O)C4CCNC4)C3)cnc2C(N)=O)sn1.O=CC1CN(c2ccc3c(c2)C(=O)N(C2CCC(=O)NC2=O)C3=O)C1. The molecule has 10 aliphatic heterocycles. The smallest absolute Gasteiger partial charge is 0.271 e. The summed E-state index contributed by atoms with van der Waals surface area (Å²) in [5, 5.41) is 21.8. The minimum atomic E-state index is -0.991. The summed E-state index contributed by atoms with van der Waals surface area (Å²) in [6.07, 6.45) is 9.70. The molecule has 6 atom stereocenters. The Balaban J connectivity index is 0.000000151. The van der Waals surface area contributed by atoms with E-state index < -0.39 is 71.2 Å². The van der Waals surface area contributed by atoms with Crippen LogP contribution in [0.5, 0.6) is 0 Å². The van der Waals surface area contributed by atoms with Crippen LogP contribution in [0, 0.1) is 37.5 Å². The second-order valence-corrected chi connectivity index (χ2v) is 30.6. The van der Waals surface area contributed by atoms with E-state index in [1.54, 1.807) is 42.7 Å². The molecule has 8 fully saturated rings. The molecule has 0 aliphatic carbocycles. The molecule has 0 radical (unpaired) electrons. The first-order valence-electron chi connectivity index (χ1n) is 36.4. The van der Waals surface area contributed by atoms with Crippen LogP contribution in [0.3, 0.4) is 0 Å². The first kappa shape index (κ1) is 74.5. The lowest BCUT2D eigenvalue weighted by atomic mass is 9.97. The Morgan fingerprint density at radius 2 is 1.03 bits per heavy atom. The number of aromatic nitrogens is 6. The highest BCUT2D eigenvalue weighted by Crippen LogP contribution is 2.37. The Bertz CT molecular complexity index is 4670. The van der Waals surface area contributed by atoms with Crippen LogP contribution in [-0.4, -0.2) is 230 Å². The molecule has 6 aromatic rings. The summed E-state index contributed by atoms with van der Waals surface area (Å²) in [6.45, 7) is 13.3. The summed E-state index contributed by atoms with van der Waals surface area (Å²) in [4.78, 5) is 190. The number of nitrogens with one attached hydrogen (secondary N) is 7. The molecule has 35 nitrogen and oxygen atoms in total. The number of nitrogens with zero attached hydrogens (tertiary/aromatic N) is 13. The number of rotatable bonds is 19. The van der Waals surface area contributed by atoms with Crippen LogP contribution in [0.15, 0.2) is 60.9 Å². The number of aryl methyl sites for hydroxylation is 2. The average Bonchev–Trinajstić information content (AvgIpc) is 1.61. The Morgan fingerprint density at radius 3 is 1.47 bits per heavy atom. The van der Waals surface area contributed by atoms with Gasteiger partial charge in [0.25, 0.3) is 35.4 Å². The highest BCUT2D eigenvalue weighted by molar-refractivity contribution is 7.10. The molecule has 6 unspecified atom stereocenters. The van der Waals surface area contributed by atoms with E-state index in [4.69, 9.17) is 16.5 Å². The molecule has 0 spiro atoms. The number of nitrogens with two attached hydrogens (primary N) is 2. The lowest BCUT2D eigenvalue weighted by Gasteiger charge is -2.42. The predicted octanol–water partition coefficient (Wildman–Crippen LogP) is 1.53. The third-order valence-corrected chi connectivity index (χ3v) is 22.7. The molecule has 0 bridgehead atoms. The largest absolute Gasteiger partial charge is 0.371 e. The van der Waals surface area contributed by atoms with Crippen LogP contribution in [0.1, 0.15) is 138 Å². The number of primary amides is 2. The molecular weight excluding hydrogens is 1450 g/mol. The van der Waals surface area contributed by atoms with E-state index in [9.17, 15) is 62.3 Å².